The highest BCUT2D eigenvalue weighted by Crippen LogP contribution is 2.30. The lowest BCUT2D eigenvalue weighted by Crippen LogP contribution is -2.27. The van der Waals surface area contributed by atoms with Crippen molar-refractivity contribution >= 4 is 24.8 Å². The third-order valence-corrected chi connectivity index (χ3v) is 4.45. The summed E-state index contributed by atoms with van der Waals surface area (Å²) in [6, 6.07) is 9.59. The summed E-state index contributed by atoms with van der Waals surface area (Å²) in [5.41, 5.74) is 3.10. The van der Waals surface area contributed by atoms with Gasteiger partial charge in [0, 0.05) is 17.3 Å². The largest absolute Gasteiger partial charge is 0.416 e. The standard InChI is InChI=1S/C19H21F3N2.2ClH/c1-13-9-15(12-18(24-13)16-5-7-23-8-6-16)10-14-3-2-4-17(11-14)19(20,21)22;;/h2-4,9,11-12,16,23H,5-8,10H2,1H3;2*1H. The minimum absolute atomic E-state index is 0. The zero-order valence-electron chi connectivity index (χ0n) is 14.5. The zero-order chi connectivity index (χ0) is 17.2. The molecule has 0 atom stereocenters. The zero-order valence-corrected chi connectivity index (χ0v) is 16.1. The summed E-state index contributed by atoms with van der Waals surface area (Å²) in [7, 11) is 0. The van der Waals surface area contributed by atoms with Crippen molar-refractivity contribution in [3.8, 4) is 0 Å². The molecule has 0 unspecified atom stereocenters. The normalized spacial score (nSPS) is 15.1. The number of aryl methyl sites for hydroxylation is 1. The van der Waals surface area contributed by atoms with Crippen LogP contribution in [0, 0.1) is 6.92 Å². The van der Waals surface area contributed by atoms with Crippen molar-refractivity contribution in [3.63, 3.8) is 0 Å². The number of pyridine rings is 1. The van der Waals surface area contributed by atoms with Crippen LogP contribution in [-0.2, 0) is 12.6 Å². The van der Waals surface area contributed by atoms with Crippen LogP contribution in [0.5, 0.6) is 0 Å². The first-order valence-corrected chi connectivity index (χ1v) is 8.26. The van der Waals surface area contributed by atoms with E-state index in [1.807, 2.05) is 13.0 Å². The molecule has 0 bridgehead atoms. The molecule has 144 valence electrons. The van der Waals surface area contributed by atoms with Crippen molar-refractivity contribution in [1.29, 1.82) is 0 Å². The lowest BCUT2D eigenvalue weighted by atomic mass is 9.92. The summed E-state index contributed by atoms with van der Waals surface area (Å²) >= 11 is 0. The van der Waals surface area contributed by atoms with E-state index in [0.717, 1.165) is 48.9 Å². The van der Waals surface area contributed by atoms with Crippen LogP contribution in [0.25, 0.3) is 0 Å². The van der Waals surface area contributed by atoms with E-state index in [1.54, 1.807) is 6.07 Å². The average Bonchev–Trinajstić information content (AvgIpc) is 2.54. The summed E-state index contributed by atoms with van der Waals surface area (Å²) < 4.78 is 38.6. The summed E-state index contributed by atoms with van der Waals surface area (Å²) in [4.78, 5) is 4.65. The lowest BCUT2D eigenvalue weighted by Gasteiger charge is -2.23. The molecular formula is C19H23Cl2F3N2. The summed E-state index contributed by atoms with van der Waals surface area (Å²) in [5, 5.41) is 3.34. The van der Waals surface area contributed by atoms with Gasteiger partial charge in [0.2, 0.25) is 0 Å². The number of hydrogen-bond donors (Lipinski definition) is 1. The van der Waals surface area contributed by atoms with Gasteiger partial charge in [-0.05, 0) is 68.6 Å². The van der Waals surface area contributed by atoms with Crippen molar-refractivity contribution in [1.82, 2.24) is 10.3 Å². The number of nitrogens with zero attached hydrogens (tertiary/aromatic N) is 1. The summed E-state index contributed by atoms with van der Waals surface area (Å²) in [5.74, 6) is 0.436. The van der Waals surface area contributed by atoms with E-state index in [1.165, 1.54) is 12.1 Å². The molecule has 2 aromatic rings. The molecular weight excluding hydrogens is 384 g/mol. The van der Waals surface area contributed by atoms with E-state index in [2.05, 4.69) is 16.4 Å². The number of benzene rings is 1. The van der Waals surface area contributed by atoms with Crippen molar-refractivity contribution in [2.45, 2.75) is 38.3 Å². The van der Waals surface area contributed by atoms with Crippen LogP contribution in [0.15, 0.2) is 36.4 Å². The second kappa shape index (κ2) is 9.58. The lowest BCUT2D eigenvalue weighted by molar-refractivity contribution is -0.137. The van der Waals surface area contributed by atoms with Gasteiger partial charge in [-0.25, -0.2) is 0 Å². The van der Waals surface area contributed by atoms with Crippen molar-refractivity contribution in [2.24, 2.45) is 0 Å². The van der Waals surface area contributed by atoms with Crippen LogP contribution in [0.4, 0.5) is 13.2 Å². The summed E-state index contributed by atoms with van der Waals surface area (Å²) in [6.07, 6.45) is -1.70. The maximum absolute atomic E-state index is 12.9. The number of alkyl halides is 3. The van der Waals surface area contributed by atoms with Gasteiger partial charge < -0.3 is 5.32 Å². The predicted molar refractivity (Wildman–Crippen MR) is 103 cm³/mol. The Kier molecular flexibility index (Phi) is 8.38. The molecule has 2 heterocycles. The van der Waals surface area contributed by atoms with Gasteiger partial charge >= 0.3 is 6.18 Å². The van der Waals surface area contributed by atoms with Gasteiger partial charge in [0.05, 0.1) is 5.56 Å². The summed E-state index contributed by atoms with van der Waals surface area (Å²) in [6.45, 7) is 3.92. The van der Waals surface area contributed by atoms with Crippen molar-refractivity contribution < 1.29 is 13.2 Å². The number of nitrogens with one attached hydrogen (secondary N) is 1. The topological polar surface area (TPSA) is 24.9 Å². The molecule has 0 saturated carbocycles. The second-order valence-electron chi connectivity index (χ2n) is 6.44. The fourth-order valence-corrected chi connectivity index (χ4v) is 3.29. The molecule has 1 saturated heterocycles. The van der Waals surface area contributed by atoms with E-state index in [9.17, 15) is 13.2 Å². The van der Waals surface area contributed by atoms with Crippen LogP contribution < -0.4 is 5.32 Å². The van der Waals surface area contributed by atoms with Crippen LogP contribution in [-0.4, -0.2) is 18.1 Å². The molecule has 0 amide bonds. The molecule has 1 aliphatic heterocycles. The van der Waals surface area contributed by atoms with Gasteiger partial charge in [0.25, 0.3) is 0 Å². The van der Waals surface area contributed by atoms with E-state index >= 15 is 0 Å². The molecule has 0 spiro atoms. The first-order valence-electron chi connectivity index (χ1n) is 8.26. The Balaban J connectivity index is 0.00000169. The molecule has 26 heavy (non-hydrogen) atoms. The van der Waals surface area contributed by atoms with Crippen LogP contribution in [0.1, 0.15) is 46.8 Å². The molecule has 1 aromatic heterocycles. The number of rotatable bonds is 3. The number of hydrogen-bond acceptors (Lipinski definition) is 2. The Morgan fingerprint density at radius 2 is 1.73 bits per heavy atom. The molecule has 7 heteroatoms. The molecule has 0 aliphatic carbocycles. The van der Waals surface area contributed by atoms with E-state index in [0.29, 0.717) is 17.9 Å². The molecule has 1 N–H and O–H groups in total. The average molecular weight is 407 g/mol. The number of halogens is 5. The quantitative estimate of drug-likeness (QED) is 0.746. The van der Waals surface area contributed by atoms with Crippen molar-refractivity contribution in [2.75, 3.05) is 13.1 Å². The Bertz CT molecular complexity index is 714. The first kappa shape index (κ1) is 22.7. The van der Waals surface area contributed by atoms with Crippen LogP contribution in [0.2, 0.25) is 0 Å². The van der Waals surface area contributed by atoms with Gasteiger partial charge in [0.1, 0.15) is 0 Å². The molecule has 1 fully saturated rings. The number of piperidine rings is 1. The molecule has 2 nitrogen and oxygen atoms in total. The van der Waals surface area contributed by atoms with Gasteiger partial charge in [0.15, 0.2) is 0 Å². The molecule has 1 aromatic carbocycles. The second-order valence-corrected chi connectivity index (χ2v) is 6.44. The molecule has 1 aliphatic rings. The Morgan fingerprint density at radius 3 is 2.38 bits per heavy atom. The third kappa shape index (κ3) is 5.86. The Morgan fingerprint density at radius 1 is 1.04 bits per heavy atom. The van der Waals surface area contributed by atoms with Gasteiger partial charge in [-0.2, -0.15) is 13.2 Å². The fourth-order valence-electron chi connectivity index (χ4n) is 3.29. The van der Waals surface area contributed by atoms with Crippen LogP contribution >= 0.6 is 24.8 Å². The molecule has 0 radical (unpaired) electrons. The van der Waals surface area contributed by atoms with E-state index < -0.39 is 11.7 Å². The SMILES string of the molecule is Cc1cc(Cc2cccc(C(F)(F)F)c2)cc(C2CCNCC2)n1.Cl.Cl. The highest BCUT2D eigenvalue weighted by molar-refractivity contribution is 5.85. The predicted octanol–water partition coefficient (Wildman–Crippen LogP) is 5.31. The smallest absolute Gasteiger partial charge is 0.317 e. The van der Waals surface area contributed by atoms with Gasteiger partial charge in [-0.15, -0.1) is 24.8 Å². The third-order valence-electron chi connectivity index (χ3n) is 4.45. The molecule has 3 rings (SSSR count). The maximum Gasteiger partial charge on any atom is 0.416 e. The Hall–Kier alpha value is -1.30. The van der Waals surface area contributed by atoms with E-state index in [-0.39, 0.29) is 24.8 Å². The van der Waals surface area contributed by atoms with Crippen LogP contribution in [0.3, 0.4) is 0 Å². The minimum Gasteiger partial charge on any atom is -0.317 e. The fraction of sp³-hybridized carbons (Fsp3) is 0.421. The first-order chi connectivity index (χ1) is 11.4. The number of aromatic nitrogens is 1. The van der Waals surface area contributed by atoms with Gasteiger partial charge in [-0.1, -0.05) is 18.2 Å². The minimum atomic E-state index is -4.30. The van der Waals surface area contributed by atoms with E-state index in [4.69, 9.17) is 0 Å². The maximum atomic E-state index is 12.9. The monoisotopic (exact) mass is 406 g/mol. The highest BCUT2D eigenvalue weighted by Gasteiger charge is 2.30. The van der Waals surface area contributed by atoms with Crippen molar-refractivity contribution in [3.05, 3.63) is 64.5 Å². The Labute approximate surface area is 164 Å². The highest BCUT2D eigenvalue weighted by atomic mass is 35.5. The van der Waals surface area contributed by atoms with Gasteiger partial charge in [-0.3, -0.25) is 4.98 Å².